The van der Waals surface area contributed by atoms with Gasteiger partial charge in [-0.3, -0.25) is 4.90 Å². The summed E-state index contributed by atoms with van der Waals surface area (Å²) in [5, 5.41) is 0. The summed E-state index contributed by atoms with van der Waals surface area (Å²) in [6.07, 6.45) is 2.30. The maximum absolute atomic E-state index is 4.74. The summed E-state index contributed by atoms with van der Waals surface area (Å²) in [6.45, 7) is 6.69. The molecule has 0 spiro atoms. The van der Waals surface area contributed by atoms with E-state index in [0.29, 0.717) is 6.04 Å². The minimum atomic E-state index is 0.599. The highest BCUT2D eigenvalue weighted by molar-refractivity contribution is 5.75. The molecule has 0 radical (unpaired) electrons. The Hall–Kier alpha value is -1.35. The van der Waals surface area contributed by atoms with Gasteiger partial charge in [0.05, 0.1) is 17.7 Å². The minimum Gasteiger partial charge on any atom is -0.314 e. The first-order valence-corrected chi connectivity index (χ1v) is 6.44. The monoisotopic (exact) mass is 229 g/mol. The highest BCUT2D eigenvalue weighted by atomic mass is 15.3. The molecule has 1 aromatic heterocycles. The molecule has 0 saturated carbocycles. The highest BCUT2D eigenvalue weighted by Gasteiger charge is 2.18. The molecule has 2 heterocycles. The van der Waals surface area contributed by atoms with E-state index in [1.807, 2.05) is 0 Å². The zero-order chi connectivity index (χ0) is 11.8. The molecule has 0 fully saturated rings. The maximum atomic E-state index is 4.74. The van der Waals surface area contributed by atoms with E-state index < -0.39 is 0 Å². The average molecular weight is 229 g/mol. The van der Waals surface area contributed by atoms with Gasteiger partial charge in [0.2, 0.25) is 0 Å². The lowest BCUT2D eigenvalue weighted by Gasteiger charge is -2.25. The Bertz CT molecular complexity index is 527. The third-order valence-corrected chi connectivity index (χ3v) is 3.63. The Morgan fingerprint density at radius 1 is 1.24 bits per heavy atom. The van der Waals surface area contributed by atoms with Crippen LogP contribution in [0.15, 0.2) is 24.3 Å². The largest absolute Gasteiger partial charge is 0.314 e. The number of nitrogens with zero attached hydrogens (tertiary/aromatic N) is 3. The van der Waals surface area contributed by atoms with E-state index in [2.05, 4.69) is 47.6 Å². The van der Waals surface area contributed by atoms with Crippen molar-refractivity contribution in [2.75, 3.05) is 6.54 Å². The van der Waals surface area contributed by atoms with E-state index in [1.54, 1.807) is 0 Å². The third-order valence-electron chi connectivity index (χ3n) is 3.63. The number of aromatic nitrogens is 2. The van der Waals surface area contributed by atoms with Crippen molar-refractivity contribution < 1.29 is 0 Å². The van der Waals surface area contributed by atoms with Crippen LogP contribution in [0.5, 0.6) is 0 Å². The van der Waals surface area contributed by atoms with Gasteiger partial charge in [0.15, 0.2) is 0 Å². The van der Waals surface area contributed by atoms with Gasteiger partial charge in [-0.05, 0) is 32.4 Å². The van der Waals surface area contributed by atoms with Crippen LogP contribution >= 0.6 is 0 Å². The molecule has 0 unspecified atom stereocenters. The van der Waals surface area contributed by atoms with Gasteiger partial charge in [-0.2, -0.15) is 0 Å². The molecule has 0 saturated heterocycles. The van der Waals surface area contributed by atoms with Crippen LogP contribution < -0.4 is 0 Å². The van der Waals surface area contributed by atoms with Crippen molar-refractivity contribution in [2.24, 2.45) is 0 Å². The number of hydrogen-bond acceptors (Lipinski definition) is 2. The lowest BCUT2D eigenvalue weighted by atomic mass is 10.2. The Morgan fingerprint density at radius 3 is 2.88 bits per heavy atom. The van der Waals surface area contributed by atoms with E-state index >= 15 is 0 Å². The summed E-state index contributed by atoms with van der Waals surface area (Å²) in [6, 6.07) is 9.05. The van der Waals surface area contributed by atoms with Crippen molar-refractivity contribution in [3.05, 3.63) is 30.1 Å². The molecule has 3 heteroatoms. The number of benzene rings is 1. The molecular formula is C14H19N3. The van der Waals surface area contributed by atoms with Gasteiger partial charge in [0.25, 0.3) is 0 Å². The van der Waals surface area contributed by atoms with E-state index in [-0.39, 0.29) is 0 Å². The fraction of sp³-hybridized carbons (Fsp3) is 0.500. The quantitative estimate of drug-likeness (QED) is 0.749. The van der Waals surface area contributed by atoms with Gasteiger partial charge < -0.3 is 4.57 Å². The van der Waals surface area contributed by atoms with E-state index in [9.17, 15) is 0 Å². The first kappa shape index (κ1) is 10.8. The number of para-hydroxylation sites is 2. The van der Waals surface area contributed by atoms with Crippen molar-refractivity contribution in [3.63, 3.8) is 0 Å². The van der Waals surface area contributed by atoms with Crippen molar-refractivity contribution >= 4 is 11.0 Å². The molecule has 90 valence electrons. The molecule has 0 amide bonds. The standard InChI is InChI=1S/C14H19N3/c1-11(2)16-9-5-8-14-15-12-6-3-4-7-13(12)17(14)10-16/h3-4,6-7,11H,5,8-10H2,1-2H3. The predicted octanol–water partition coefficient (Wildman–Crippen LogP) is 2.65. The topological polar surface area (TPSA) is 21.1 Å². The van der Waals surface area contributed by atoms with Crippen LogP contribution in [0.1, 0.15) is 26.1 Å². The fourth-order valence-corrected chi connectivity index (χ4v) is 2.59. The van der Waals surface area contributed by atoms with Gasteiger partial charge in [0, 0.05) is 19.0 Å². The third kappa shape index (κ3) is 1.84. The smallest absolute Gasteiger partial charge is 0.111 e. The van der Waals surface area contributed by atoms with Crippen LogP contribution in [0.2, 0.25) is 0 Å². The Morgan fingerprint density at radius 2 is 2.06 bits per heavy atom. The van der Waals surface area contributed by atoms with Crippen LogP contribution in [0.3, 0.4) is 0 Å². The second-order valence-electron chi connectivity index (χ2n) is 5.10. The van der Waals surface area contributed by atoms with Gasteiger partial charge >= 0.3 is 0 Å². The normalized spacial score (nSPS) is 17.4. The fourth-order valence-electron chi connectivity index (χ4n) is 2.59. The Labute approximate surface area is 102 Å². The first-order chi connectivity index (χ1) is 8.25. The number of imidazole rings is 1. The minimum absolute atomic E-state index is 0.599. The maximum Gasteiger partial charge on any atom is 0.111 e. The molecule has 2 aromatic rings. The molecule has 0 bridgehead atoms. The average Bonchev–Trinajstić information content (AvgIpc) is 2.53. The summed E-state index contributed by atoms with van der Waals surface area (Å²) in [4.78, 5) is 7.26. The molecule has 17 heavy (non-hydrogen) atoms. The molecule has 0 N–H and O–H groups in total. The van der Waals surface area contributed by atoms with Gasteiger partial charge in [-0.15, -0.1) is 0 Å². The molecule has 0 aliphatic carbocycles. The van der Waals surface area contributed by atoms with Gasteiger partial charge in [-0.25, -0.2) is 4.98 Å². The molecule has 3 rings (SSSR count). The van der Waals surface area contributed by atoms with Crippen LogP contribution in [-0.2, 0) is 13.1 Å². The zero-order valence-corrected chi connectivity index (χ0v) is 10.6. The van der Waals surface area contributed by atoms with Crippen molar-refractivity contribution in [2.45, 2.75) is 39.4 Å². The second kappa shape index (κ2) is 4.15. The van der Waals surface area contributed by atoms with Crippen LogP contribution in [0, 0.1) is 0 Å². The highest BCUT2D eigenvalue weighted by Crippen LogP contribution is 2.21. The Balaban J connectivity index is 2.08. The molecule has 1 aliphatic rings. The van der Waals surface area contributed by atoms with Crippen LogP contribution in [0.25, 0.3) is 11.0 Å². The first-order valence-electron chi connectivity index (χ1n) is 6.44. The lowest BCUT2D eigenvalue weighted by molar-refractivity contribution is 0.182. The van der Waals surface area contributed by atoms with Crippen molar-refractivity contribution in [3.8, 4) is 0 Å². The SMILES string of the molecule is CC(C)N1CCCc2nc3ccccc3n2C1. The van der Waals surface area contributed by atoms with E-state index in [4.69, 9.17) is 4.98 Å². The Kier molecular flexibility index (Phi) is 2.63. The second-order valence-corrected chi connectivity index (χ2v) is 5.10. The number of aryl methyl sites for hydroxylation is 1. The van der Waals surface area contributed by atoms with Crippen LogP contribution in [0.4, 0.5) is 0 Å². The summed E-state index contributed by atoms with van der Waals surface area (Å²) >= 11 is 0. The number of rotatable bonds is 1. The molecule has 3 nitrogen and oxygen atoms in total. The predicted molar refractivity (Wildman–Crippen MR) is 69.9 cm³/mol. The van der Waals surface area contributed by atoms with Gasteiger partial charge in [-0.1, -0.05) is 12.1 Å². The lowest BCUT2D eigenvalue weighted by Crippen LogP contribution is -2.32. The van der Waals surface area contributed by atoms with Crippen molar-refractivity contribution in [1.29, 1.82) is 0 Å². The summed E-state index contributed by atoms with van der Waals surface area (Å²) < 4.78 is 2.38. The molecular weight excluding hydrogens is 210 g/mol. The summed E-state index contributed by atoms with van der Waals surface area (Å²) in [5.41, 5.74) is 2.41. The molecule has 1 aromatic carbocycles. The summed E-state index contributed by atoms with van der Waals surface area (Å²) in [7, 11) is 0. The van der Waals surface area contributed by atoms with Crippen molar-refractivity contribution in [1.82, 2.24) is 14.5 Å². The van der Waals surface area contributed by atoms with E-state index in [1.165, 1.54) is 24.3 Å². The van der Waals surface area contributed by atoms with E-state index in [0.717, 1.165) is 18.6 Å². The molecule has 0 atom stereocenters. The summed E-state index contributed by atoms with van der Waals surface area (Å²) in [5.74, 6) is 1.24. The molecule has 1 aliphatic heterocycles. The number of hydrogen-bond donors (Lipinski definition) is 0. The van der Waals surface area contributed by atoms with Crippen LogP contribution in [-0.4, -0.2) is 27.0 Å². The number of fused-ring (bicyclic) bond motifs is 3. The zero-order valence-electron chi connectivity index (χ0n) is 10.6. The van der Waals surface area contributed by atoms with Gasteiger partial charge in [0.1, 0.15) is 5.82 Å².